The maximum Gasteiger partial charge on any atom is 0.320 e. The number of aliphatic carboxylic acids is 2. The first kappa shape index (κ1) is 31.7. The molecule has 0 radical (unpaired) electrons. The van der Waals surface area contributed by atoms with Crippen LogP contribution < -0.4 is 11.5 Å². The highest BCUT2D eigenvalue weighted by Gasteiger charge is 2.09. The van der Waals surface area contributed by atoms with E-state index in [1.807, 2.05) is 0 Å². The quantitative estimate of drug-likeness (QED) is 0.161. The van der Waals surface area contributed by atoms with Crippen molar-refractivity contribution in [3.05, 3.63) is 60.8 Å². The normalized spacial score (nSPS) is 12.8. The number of nitrogens with two attached hydrogens (primary N) is 2. The van der Waals surface area contributed by atoms with Gasteiger partial charge in [0.05, 0.1) is 0 Å². The summed E-state index contributed by atoms with van der Waals surface area (Å²) >= 11 is 0. The highest BCUT2D eigenvalue weighted by atomic mass is 16.4. The van der Waals surface area contributed by atoms with Gasteiger partial charge in [-0.25, -0.2) is 0 Å². The van der Waals surface area contributed by atoms with Gasteiger partial charge < -0.3 is 21.7 Å². The van der Waals surface area contributed by atoms with E-state index in [4.69, 9.17) is 21.7 Å². The smallest absolute Gasteiger partial charge is 0.320 e. The Bertz CT molecular complexity index is 593. The van der Waals surface area contributed by atoms with Crippen LogP contribution in [0.15, 0.2) is 60.8 Å². The summed E-state index contributed by atoms with van der Waals surface area (Å²) in [5, 5.41) is 16.8. The van der Waals surface area contributed by atoms with Crippen molar-refractivity contribution in [2.75, 3.05) is 6.54 Å². The maximum atomic E-state index is 10.3. The number of allylic oxidation sites excluding steroid dienone is 10. The standard InChI is InChI=1S/C20H30O2.C6H14N2O2/c1-2-3-4-5-6-7-8-9-10-11-12-13-14-15-16-17-18-19-20(21)22;7-4-2-1-3-5(8)6(9)10/h3-4,6-7,9-10,12-13,15-16H,2,5,8,11,14,17-19H2,1H3,(H,21,22);5H,1-4,7-8H2,(H,9,10)/b4-3-,7-6-,10-9-,13-12-,16-15-;. The lowest BCUT2D eigenvalue weighted by atomic mass is 10.1. The Morgan fingerprint density at radius 2 is 1.22 bits per heavy atom. The molecule has 6 N–H and O–H groups in total. The zero-order valence-electron chi connectivity index (χ0n) is 19.7. The zero-order valence-corrected chi connectivity index (χ0v) is 19.7. The lowest BCUT2D eigenvalue weighted by Gasteiger charge is -2.03. The maximum absolute atomic E-state index is 10.3. The molecule has 32 heavy (non-hydrogen) atoms. The molecule has 0 heterocycles. The highest BCUT2D eigenvalue weighted by Crippen LogP contribution is 1.99. The molecule has 0 aromatic carbocycles. The molecule has 0 aliphatic carbocycles. The molecule has 1 atom stereocenters. The monoisotopic (exact) mass is 448 g/mol. The van der Waals surface area contributed by atoms with E-state index in [0.29, 0.717) is 13.0 Å². The molecular formula is C26H44N2O4. The summed E-state index contributed by atoms with van der Waals surface area (Å²) in [6.45, 7) is 2.75. The average Bonchev–Trinajstić information content (AvgIpc) is 2.76. The van der Waals surface area contributed by atoms with Crippen LogP contribution in [0.25, 0.3) is 0 Å². The molecule has 0 aliphatic heterocycles. The van der Waals surface area contributed by atoms with Crippen LogP contribution in [-0.4, -0.2) is 34.7 Å². The van der Waals surface area contributed by atoms with E-state index in [1.165, 1.54) is 0 Å². The van der Waals surface area contributed by atoms with Gasteiger partial charge >= 0.3 is 11.9 Å². The van der Waals surface area contributed by atoms with E-state index in [2.05, 4.69) is 67.7 Å². The largest absolute Gasteiger partial charge is 0.481 e. The molecular weight excluding hydrogens is 404 g/mol. The van der Waals surface area contributed by atoms with E-state index in [0.717, 1.165) is 57.8 Å². The fraction of sp³-hybridized carbons (Fsp3) is 0.538. The van der Waals surface area contributed by atoms with Crippen molar-refractivity contribution < 1.29 is 19.8 Å². The second kappa shape index (κ2) is 26.6. The molecule has 0 spiro atoms. The molecule has 182 valence electrons. The molecule has 6 nitrogen and oxygen atoms in total. The molecule has 0 aliphatic rings. The van der Waals surface area contributed by atoms with E-state index in [-0.39, 0.29) is 6.42 Å². The molecule has 0 amide bonds. The number of carboxylic acids is 2. The summed E-state index contributed by atoms with van der Waals surface area (Å²) in [5.74, 6) is -1.65. The van der Waals surface area contributed by atoms with Crippen LogP contribution in [0.4, 0.5) is 0 Å². The Kier molecular flexibility index (Phi) is 26.4. The van der Waals surface area contributed by atoms with Crippen molar-refractivity contribution in [1.82, 2.24) is 0 Å². The van der Waals surface area contributed by atoms with Crippen molar-refractivity contribution in [1.29, 1.82) is 0 Å². The van der Waals surface area contributed by atoms with Crippen LogP contribution in [0.1, 0.15) is 77.6 Å². The number of carboxylic acid groups (broad SMARTS) is 2. The van der Waals surface area contributed by atoms with E-state index in [9.17, 15) is 9.59 Å². The first-order chi connectivity index (χ1) is 15.5. The molecule has 1 unspecified atom stereocenters. The second-order valence-electron chi connectivity index (χ2n) is 7.22. The third kappa shape index (κ3) is 29.8. The third-order valence-corrected chi connectivity index (χ3v) is 4.21. The summed E-state index contributed by atoms with van der Waals surface area (Å²) in [6, 6.07) is -0.716. The van der Waals surface area contributed by atoms with Gasteiger partial charge in [-0.05, 0) is 64.3 Å². The molecule has 0 rings (SSSR count). The van der Waals surface area contributed by atoms with Gasteiger partial charge in [0.25, 0.3) is 0 Å². The van der Waals surface area contributed by atoms with E-state index < -0.39 is 18.0 Å². The molecule has 0 aromatic heterocycles. The number of rotatable bonds is 18. The average molecular weight is 449 g/mol. The first-order valence-electron chi connectivity index (χ1n) is 11.6. The predicted octanol–water partition coefficient (Wildman–Crippen LogP) is 5.52. The van der Waals surface area contributed by atoms with Crippen LogP contribution in [0.3, 0.4) is 0 Å². The molecule has 0 bridgehead atoms. The van der Waals surface area contributed by atoms with Crippen LogP contribution >= 0.6 is 0 Å². The number of carbonyl (C=O) groups is 2. The summed E-state index contributed by atoms with van der Waals surface area (Å²) in [7, 11) is 0. The van der Waals surface area contributed by atoms with Gasteiger partial charge in [0.1, 0.15) is 6.04 Å². The molecule has 0 saturated heterocycles. The number of hydrogen-bond donors (Lipinski definition) is 4. The van der Waals surface area contributed by atoms with Crippen LogP contribution in [0.2, 0.25) is 0 Å². The van der Waals surface area contributed by atoms with E-state index >= 15 is 0 Å². The Hall–Kier alpha value is -2.44. The second-order valence-corrected chi connectivity index (χ2v) is 7.22. The minimum atomic E-state index is -0.933. The molecule has 6 heteroatoms. The van der Waals surface area contributed by atoms with Gasteiger partial charge in [0.15, 0.2) is 0 Å². The third-order valence-electron chi connectivity index (χ3n) is 4.21. The Morgan fingerprint density at radius 3 is 1.62 bits per heavy atom. The van der Waals surface area contributed by atoms with Gasteiger partial charge in [0, 0.05) is 6.42 Å². The SMILES string of the molecule is CC/C=C\C/C=C\C/C=C\C/C=C\C/C=C\CCCC(=O)O.NCCCCC(N)C(=O)O. The summed E-state index contributed by atoms with van der Waals surface area (Å²) < 4.78 is 0. The van der Waals surface area contributed by atoms with Crippen LogP contribution in [0, 0.1) is 0 Å². The summed E-state index contributed by atoms with van der Waals surface area (Å²) in [5.41, 5.74) is 10.4. The van der Waals surface area contributed by atoms with E-state index in [1.54, 1.807) is 0 Å². The summed E-state index contributed by atoms with van der Waals surface area (Å²) in [4.78, 5) is 20.4. The lowest BCUT2D eigenvalue weighted by molar-refractivity contribution is -0.139. The molecule has 0 saturated carbocycles. The minimum absolute atomic E-state index is 0.258. The Labute approximate surface area is 194 Å². The van der Waals surface area contributed by atoms with Crippen LogP contribution in [0.5, 0.6) is 0 Å². The fourth-order valence-corrected chi connectivity index (χ4v) is 2.37. The minimum Gasteiger partial charge on any atom is -0.481 e. The van der Waals surface area contributed by atoms with Crippen molar-refractivity contribution in [2.45, 2.75) is 83.6 Å². The number of hydrogen-bond acceptors (Lipinski definition) is 4. The molecule has 0 aromatic rings. The van der Waals surface area contributed by atoms with Gasteiger partial charge in [0.2, 0.25) is 0 Å². The Morgan fingerprint density at radius 1 is 0.750 bits per heavy atom. The van der Waals surface area contributed by atoms with Crippen molar-refractivity contribution >= 4 is 11.9 Å². The highest BCUT2D eigenvalue weighted by molar-refractivity contribution is 5.72. The zero-order chi connectivity index (χ0) is 24.3. The summed E-state index contributed by atoms with van der Waals surface area (Å²) in [6.07, 6.45) is 30.6. The fourth-order valence-electron chi connectivity index (χ4n) is 2.37. The molecule has 0 fully saturated rings. The van der Waals surface area contributed by atoms with Crippen molar-refractivity contribution in [3.8, 4) is 0 Å². The van der Waals surface area contributed by atoms with Crippen molar-refractivity contribution in [3.63, 3.8) is 0 Å². The Balaban J connectivity index is 0. The van der Waals surface area contributed by atoms with Crippen molar-refractivity contribution in [2.24, 2.45) is 11.5 Å². The topological polar surface area (TPSA) is 127 Å². The lowest BCUT2D eigenvalue weighted by Crippen LogP contribution is -2.29. The number of unbranched alkanes of at least 4 members (excludes halogenated alkanes) is 2. The van der Waals surface area contributed by atoms with Crippen LogP contribution in [-0.2, 0) is 9.59 Å². The predicted molar refractivity (Wildman–Crippen MR) is 134 cm³/mol. The van der Waals surface area contributed by atoms with Gasteiger partial charge in [-0.15, -0.1) is 0 Å². The first-order valence-corrected chi connectivity index (χ1v) is 11.6. The van der Waals surface area contributed by atoms with Gasteiger partial charge in [-0.2, -0.15) is 0 Å². The van der Waals surface area contributed by atoms with Gasteiger partial charge in [-0.1, -0.05) is 74.1 Å². The van der Waals surface area contributed by atoms with Gasteiger partial charge in [-0.3, -0.25) is 9.59 Å².